The van der Waals surface area contributed by atoms with Crippen LogP contribution in [-0.4, -0.2) is 15.5 Å². The lowest BCUT2D eigenvalue weighted by Crippen LogP contribution is -2.07. The quantitative estimate of drug-likeness (QED) is 0.716. The van der Waals surface area contributed by atoms with Gasteiger partial charge in [-0.15, -0.1) is 0 Å². The lowest BCUT2D eigenvalue weighted by atomic mass is 10.1. The van der Waals surface area contributed by atoms with E-state index in [1.54, 1.807) is 0 Å². The van der Waals surface area contributed by atoms with Crippen molar-refractivity contribution in [3.05, 3.63) is 41.4 Å². The highest BCUT2D eigenvalue weighted by atomic mass is 32.2. The number of hydrogen-bond donors (Lipinski definition) is 0. The van der Waals surface area contributed by atoms with Crippen molar-refractivity contribution in [2.45, 2.75) is 56.7 Å². The lowest BCUT2D eigenvalue weighted by Gasteiger charge is -2.11. The van der Waals surface area contributed by atoms with Crippen LogP contribution in [0.25, 0.3) is 0 Å². The largest absolute Gasteiger partial charge is 0.458 e. The van der Waals surface area contributed by atoms with Gasteiger partial charge in [0.2, 0.25) is 0 Å². The fourth-order valence-corrected chi connectivity index (χ4v) is 3.58. The first-order valence-corrected chi connectivity index (χ1v) is 8.50. The van der Waals surface area contributed by atoms with E-state index in [9.17, 15) is 13.6 Å². The van der Waals surface area contributed by atoms with Gasteiger partial charge < -0.3 is 9.30 Å². The highest BCUT2D eigenvalue weighted by Crippen LogP contribution is 2.35. The first-order chi connectivity index (χ1) is 11.3. The summed E-state index contributed by atoms with van der Waals surface area (Å²) in [6.45, 7) is 7.95. The second kappa shape index (κ2) is 7.79. The van der Waals surface area contributed by atoms with Crippen LogP contribution in [0, 0.1) is 11.6 Å². The molecule has 7 heteroatoms. The first-order valence-electron chi connectivity index (χ1n) is 7.68. The Morgan fingerprint density at radius 2 is 1.92 bits per heavy atom. The summed E-state index contributed by atoms with van der Waals surface area (Å²) in [5.41, 5.74) is 0.814. The van der Waals surface area contributed by atoms with E-state index in [1.165, 1.54) is 30.8 Å². The van der Waals surface area contributed by atoms with Crippen molar-refractivity contribution in [1.29, 1.82) is 0 Å². The molecule has 0 fully saturated rings. The van der Waals surface area contributed by atoms with Crippen LogP contribution in [-0.2, 0) is 22.7 Å². The topological polar surface area (TPSA) is 44.1 Å². The van der Waals surface area contributed by atoms with Crippen LogP contribution < -0.4 is 0 Å². The Labute approximate surface area is 144 Å². The van der Waals surface area contributed by atoms with Gasteiger partial charge >= 0.3 is 5.97 Å². The highest BCUT2D eigenvalue weighted by molar-refractivity contribution is 7.99. The fraction of sp³-hybridized carbons (Fsp3) is 0.412. The van der Waals surface area contributed by atoms with E-state index in [4.69, 9.17) is 4.74 Å². The van der Waals surface area contributed by atoms with Crippen molar-refractivity contribution < 1.29 is 18.3 Å². The fourth-order valence-electron chi connectivity index (χ4n) is 2.29. The van der Waals surface area contributed by atoms with Crippen LogP contribution in [0.15, 0.2) is 28.1 Å². The number of benzene rings is 1. The van der Waals surface area contributed by atoms with E-state index >= 15 is 0 Å². The number of ether oxygens (including phenoxy) is 1. The third-order valence-electron chi connectivity index (χ3n) is 3.34. The molecule has 1 aromatic heterocycles. The molecule has 0 aliphatic carbocycles. The highest BCUT2D eigenvalue weighted by Gasteiger charge is 2.20. The average molecular weight is 354 g/mol. The van der Waals surface area contributed by atoms with E-state index < -0.39 is 11.6 Å². The molecule has 130 valence electrons. The van der Waals surface area contributed by atoms with Gasteiger partial charge in [-0.2, -0.15) is 0 Å². The number of aromatic nitrogens is 2. The van der Waals surface area contributed by atoms with Crippen LogP contribution in [0.5, 0.6) is 0 Å². The predicted octanol–water partition coefficient (Wildman–Crippen LogP) is 4.52. The number of imidazole rings is 1. The molecule has 0 amide bonds. The summed E-state index contributed by atoms with van der Waals surface area (Å²) < 4.78 is 33.9. The molecule has 0 aliphatic rings. The number of rotatable bonds is 6. The second-order valence-corrected chi connectivity index (χ2v) is 6.67. The summed E-state index contributed by atoms with van der Waals surface area (Å²) in [4.78, 5) is 16.1. The molecular weight excluding hydrogens is 334 g/mol. The van der Waals surface area contributed by atoms with Gasteiger partial charge in [-0.05, 0) is 25.0 Å². The molecule has 24 heavy (non-hydrogen) atoms. The normalized spacial score (nSPS) is 11.1. The number of carbonyl (C=O) groups excluding carboxylic acids is 1. The number of hydrogen-bond acceptors (Lipinski definition) is 4. The van der Waals surface area contributed by atoms with Crippen molar-refractivity contribution in [3.8, 4) is 0 Å². The third kappa shape index (κ3) is 4.35. The van der Waals surface area contributed by atoms with E-state index in [0.29, 0.717) is 17.3 Å². The Kier molecular flexibility index (Phi) is 5.99. The van der Waals surface area contributed by atoms with Gasteiger partial charge in [-0.25, -0.2) is 13.8 Å². The Morgan fingerprint density at radius 3 is 2.42 bits per heavy atom. The molecule has 0 saturated heterocycles. The molecule has 0 atom stereocenters. The molecule has 0 aliphatic heterocycles. The van der Waals surface area contributed by atoms with Gasteiger partial charge in [0, 0.05) is 24.4 Å². The molecule has 1 heterocycles. The molecular formula is C17H20F2N2O2S. The van der Waals surface area contributed by atoms with Crippen LogP contribution in [0.2, 0.25) is 0 Å². The molecule has 0 bridgehead atoms. The Balaban J connectivity index is 2.43. The predicted molar refractivity (Wildman–Crippen MR) is 87.9 cm³/mol. The van der Waals surface area contributed by atoms with Gasteiger partial charge in [0.15, 0.2) is 0 Å². The number of carbonyl (C=O) groups is 1. The summed E-state index contributed by atoms with van der Waals surface area (Å²) in [5.74, 6) is -0.878. The summed E-state index contributed by atoms with van der Waals surface area (Å²) in [7, 11) is 0. The van der Waals surface area contributed by atoms with E-state index in [0.717, 1.165) is 16.8 Å². The number of esters is 1. The third-order valence-corrected chi connectivity index (χ3v) is 4.44. The summed E-state index contributed by atoms with van der Waals surface area (Å²) in [6, 6.07) is 3.42. The van der Waals surface area contributed by atoms with Gasteiger partial charge in [0.25, 0.3) is 0 Å². The van der Waals surface area contributed by atoms with E-state index in [1.807, 2.05) is 25.3 Å². The zero-order chi connectivity index (χ0) is 17.9. The molecule has 0 saturated carbocycles. The molecule has 0 N–H and O–H groups in total. The molecule has 2 rings (SSSR count). The zero-order valence-corrected chi connectivity index (χ0v) is 14.9. The summed E-state index contributed by atoms with van der Waals surface area (Å²) in [5, 5.41) is 0.805. The van der Waals surface area contributed by atoms with Crippen LogP contribution >= 0.6 is 11.8 Å². The van der Waals surface area contributed by atoms with Crippen molar-refractivity contribution >= 4 is 17.7 Å². The summed E-state index contributed by atoms with van der Waals surface area (Å²) >= 11 is 1.26. The van der Waals surface area contributed by atoms with E-state index in [-0.39, 0.29) is 18.5 Å². The molecule has 0 radical (unpaired) electrons. The van der Waals surface area contributed by atoms with Gasteiger partial charge in [-0.1, -0.05) is 25.6 Å². The maximum absolute atomic E-state index is 13.5. The van der Waals surface area contributed by atoms with Crippen molar-refractivity contribution in [3.63, 3.8) is 0 Å². The monoisotopic (exact) mass is 354 g/mol. The first kappa shape index (κ1) is 18.4. The lowest BCUT2D eigenvalue weighted by molar-refractivity contribution is -0.142. The average Bonchev–Trinajstić information content (AvgIpc) is 2.81. The molecule has 2 aromatic rings. The smallest absolute Gasteiger partial charge is 0.303 e. The number of halogens is 2. The Morgan fingerprint density at radius 1 is 1.29 bits per heavy atom. The van der Waals surface area contributed by atoms with E-state index in [2.05, 4.69) is 4.98 Å². The molecule has 0 spiro atoms. The Bertz CT molecular complexity index is 724. The summed E-state index contributed by atoms with van der Waals surface area (Å²) in [6.07, 6.45) is 0. The minimum absolute atomic E-state index is 0.0704. The number of nitrogens with zero attached hydrogens (tertiary/aromatic N) is 2. The van der Waals surface area contributed by atoms with Crippen LogP contribution in [0.4, 0.5) is 8.78 Å². The molecule has 1 aromatic carbocycles. The van der Waals surface area contributed by atoms with Gasteiger partial charge in [-0.3, -0.25) is 4.79 Å². The van der Waals surface area contributed by atoms with Crippen molar-refractivity contribution in [1.82, 2.24) is 9.55 Å². The zero-order valence-electron chi connectivity index (χ0n) is 14.1. The van der Waals surface area contributed by atoms with Gasteiger partial charge in [0.05, 0.1) is 5.69 Å². The van der Waals surface area contributed by atoms with Crippen molar-refractivity contribution in [2.24, 2.45) is 0 Å². The minimum atomic E-state index is -0.619. The SMILES string of the molecule is CCn1c(COC(C)=O)nc(C(C)C)c1Sc1cc(F)cc(F)c1. The standard InChI is InChI=1S/C17H20F2N2O2S/c1-5-21-15(9-23-11(4)22)20-16(10(2)3)17(21)24-14-7-12(18)6-13(19)8-14/h6-8,10H,5,9H2,1-4H3. The minimum Gasteiger partial charge on any atom is -0.458 e. The van der Waals surface area contributed by atoms with Crippen molar-refractivity contribution in [2.75, 3.05) is 0 Å². The van der Waals surface area contributed by atoms with Gasteiger partial charge in [0.1, 0.15) is 29.1 Å². The van der Waals surface area contributed by atoms with Crippen LogP contribution in [0.3, 0.4) is 0 Å². The second-order valence-electron chi connectivity index (χ2n) is 5.60. The Hall–Kier alpha value is -1.89. The van der Waals surface area contributed by atoms with Crippen LogP contribution in [0.1, 0.15) is 45.1 Å². The maximum atomic E-state index is 13.5. The molecule has 0 unspecified atom stereocenters. The maximum Gasteiger partial charge on any atom is 0.303 e. The molecule has 4 nitrogen and oxygen atoms in total.